The van der Waals surface area contributed by atoms with Crippen LogP contribution in [0.1, 0.15) is 23.7 Å². The molecule has 0 aliphatic heterocycles. The van der Waals surface area contributed by atoms with Gasteiger partial charge in [-0.15, -0.1) is 0 Å². The number of thiophene rings is 1. The molecule has 0 bridgehead atoms. The van der Waals surface area contributed by atoms with Gasteiger partial charge in [0, 0.05) is 12.2 Å². The van der Waals surface area contributed by atoms with Crippen molar-refractivity contribution < 1.29 is 27.9 Å². The summed E-state index contributed by atoms with van der Waals surface area (Å²) in [4.78, 5) is 23.4. The average Bonchev–Trinajstić information content (AvgIpc) is 3.08. The third-order valence-electron chi connectivity index (χ3n) is 3.29. The van der Waals surface area contributed by atoms with Gasteiger partial charge in [0.25, 0.3) is 0 Å². The summed E-state index contributed by atoms with van der Waals surface area (Å²) in [7, 11) is 0. The lowest BCUT2D eigenvalue weighted by Crippen LogP contribution is -2.36. The molecule has 2 rings (SSSR count). The molecule has 0 saturated heterocycles. The van der Waals surface area contributed by atoms with Crippen molar-refractivity contribution in [3.63, 3.8) is 0 Å². The van der Waals surface area contributed by atoms with Crippen molar-refractivity contribution in [2.45, 2.75) is 18.7 Å². The highest BCUT2D eigenvalue weighted by atomic mass is 32.1. The van der Waals surface area contributed by atoms with Crippen LogP contribution in [-0.2, 0) is 15.8 Å². The number of alkyl halides is 3. The maximum Gasteiger partial charge on any atom is 0.416 e. The van der Waals surface area contributed by atoms with E-state index < -0.39 is 29.7 Å². The molecule has 1 heterocycles. The first-order valence-electron chi connectivity index (χ1n) is 7.24. The Bertz CT molecular complexity index is 732. The molecule has 0 unspecified atom stereocenters. The van der Waals surface area contributed by atoms with Gasteiger partial charge in [-0.3, -0.25) is 9.59 Å². The third kappa shape index (κ3) is 5.57. The van der Waals surface area contributed by atoms with Crippen molar-refractivity contribution in [2.75, 3.05) is 11.9 Å². The number of nitrogens with one attached hydrogen (secondary N) is 2. The minimum atomic E-state index is -4.54. The Balaban J connectivity index is 1.83. The quantitative estimate of drug-likeness (QED) is 0.706. The van der Waals surface area contributed by atoms with Crippen LogP contribution in [0.15, 0.2) is 41.1 Å². The van der Waals surface area contributed by atoms with Crippen LogP contribution < -0.4 is 10.6 Å². The first-order chi connectivity index (χ1) is 11.8. The number of anilines is 1. The van der Waals surface area contributed by atoms with Gasteiger partial charge in [-0.05, 0) is 47.0 Å². The molecule has 5 nitrogen and oxygen atoms in total. The number of aliphatic hydroxyl groups excluding tert-OH is 1. The van der Waals surface area contributed by atoms with E-state index in [-0.39, 0.29) is 18.7 Å². The van der Waals surface area contributed by atoms with E-state index in [0.29, 0.717) is 5.56 Å². The van der Waals surface area contributed by atoms with E-state index in [2.05, 4.69) is 10.6 Å². The van der Waals surface area contributed by atoms with Gasteiger partial charge in [0.15, 0.2) is 0 Å². The van der Waals surface area contributed by atoms with E-state index in [4.69, 9.17) is 0 Å². The molecule has 1 atom stereocenters. The molecular weight excluding hydrogens is 357 g/mol. The molecule has 134 valence electrons. The van der Waals surface area contributed by atoms with Gasteiger partial charge in [-0.25, -0.2) is 0 Å². The van der Waals surface area contributed by atoms with Crippen molar-refractivity contribution in [3.8, 4) is 0 Å². The summed E-state index contributed by atoms with van der Waals surface area (Å²) in [5.41, 5.74) is -0.342. The maximum atomic E-state index is 12.6. The molecule has 2 amide bonds. The summed E-state index contributed by atoms with van der Waals surface area (Å²) in [6.07, 6.45) is -5.10. The summed E-state index contributed by atoms with van der Waals surface area (Å²) in [5.74, 6) is -2.07. The molecule has 0 fully saturated rings. The maximum absolute atomic E-state index is 12.6. The normalized spacial score (nSPS) is 12.5. The van der Waals surface area contributed by atoms with E-state index in [1.165, 1.54) is 17.4 Å². The Kier molecular flexibility index (Phi) is 6.16. The first kappa shape index (κ1) is 18.9. The number of benzene rings is 1. The monoisotopic (exact) mass is 372 g/mol. The van der Waals surface area contributed by atoms with Crippen molar-refractivity contribution in [1.82, 2.24) is 5.32 Å². The highest BCUT2D eigenvalue weighted by molar-refractivity contribution is 7.07. The Hall–Kier alpha value is -2.39. The molecule has 2 aromatic rings. The number of hydrogen-bond acceptors (Lipinski definition) is 4. The Labute approximate surface area is 145 Å². The fourth-order valence-electron chi connectivity index (χ4n) is 2.00. The second-order valence-corrected chi connectivity index (χ2v) is 5.93. The van der Waals surface area contributed by atoms with Crippen LogP contribution in [-0.4, -0.2) is 23.5 Å². The zero-order chi connectivity index (χ0) is 18.4. The highest BCUT2D eigenvalue weighted by Crippen LogP contribution is 2.30. The van der Waals surface area contributed by atoms with Gasteiger partial charge < -0.3 is 15.7 Å². The molecule has 3 N–H and O–H groups in total. The second-order valence-electron chi connectivity index (χ2n) is 5.15. The fourth-order valence-corrected chi connectivity index (χ4v) is 2.70. The Morgan fingerprint density at radius 3 is 2.60 bits per heavy atom. The number of hydrogen-bond donors (Lipinski definition) is 3. The summed E-state index contributed by atoms with van der Waals surface area (Å²) >= 11 is 1.43. The number of carbonyl (C=O) groups excluding carboxylic acids is 2. The summed E-state index contributed by atoms with van der Waals surface area (Å²) < 4.78 is 37.8. The minimum absolute atomic E-state index is 0.0475. The van der Waals surface area contributed by atoms with E-state index >= 15 is 0 Å². The van der Waals surface area contributed by atoms with Crippen molar-refractivity contribution >= 4 is 28.8 Å². The lowest BCUT2D eigenvalue weighted by atomic mass is 10.1. The van der Waals surface area contributed by atoms with Crippen molar-refractivity contribution in [2.24, 2.45) is 0 Å². The lowest BCUT2D eigenvalue weighted by Gasteiger charge is -2.11. The molecular formula is C16H15F3N2O3S. The Morgan fingerprint density at radius 1 is 1.20 bits per heavy atom. The zero-order valence-corrected chi connectivity index (χ0v) is 13.7. The van der Waals surface area contributed by atoms with E-state index in [1.54, 1.807) is 16.8 Å². The standard InChI is InChI=1S/C16H15F3N2O3S/c17-16(18,19)11-2-1-3-12(8-11)21-15(24)14(23)20-6-4-13(22)10-5-7-25-9-10/h1-3,5,7-9,13,22H,4,6H2,(H,20,23)(H,21,24)/t13-/m1/s1. The van der Waals surface area contributed by atoms with Crippen LogP contribution in [0, 0.1) is 0 Å². The summed E-state index contributed by atoms with van der Waals surface area (Å²) in [5, 5.41) is 17.8. The molecule has 0 saturated carbocycles. The van der Waals surface area contributed by atoms with Crippen LogP contribution in [0.2, 0.25) is 0 Å². The van der Waals surface area contributed by atoms with Crippen LogP contribution in [0.5, 0.6) is 0 Å². The molecule has 0 radical (unpaired) electrons. The van der Waals surface area contributed by atoms with Gasteiger partial charge >= 0.3 is 18.0 Å². The highest BCUT2D eigenvalue weighted by Gasteiger charge is 2.30. The number of carbonyl (C=O) groups is 2. The van der Waals surface area contributed by atoms with Crippen LogP contribution >= 0.6 is 11.3 Å². The van der Waals surface area contributed by atoms with Crippen LogP contribution in [0.4, 0.5) is 18.9 Å². The van der Waals surface area contributed by atoms with Crippen LogP contribution in [0.3, 0.4) is 0 Å². The number of aliphatic hydroxyl groups is 1. The first-order valence-corrected chi connectivity index (χ1v) is 8.18. The SMILES string of the molecule is O=C(NCC[C@@H](O)c1ccsc1)C(=O)Nc1cccc(C(F)(F)F)c1. The molecule has 1 aromatic carbocycles. The smallest absolute Gasteiger partial charge is 0.388 e. The largest absolute Gasteiger partial charge is 0.416 e. The van der Waals surface area contributed by atoms with Gasteiger partial charge in [0.1, 0.15) is 0 Å². The van der Waals surface area contributed by atoms with Crippen LogP contribution in [0.25, 0.3) is 0 Å². The van der Waals surface area contributed by atoms with Gasteiger partial charge in [-0.1, -0.05) is 6.07 Å². The number of rotatable bonds is 5. The van der Waals surface area contributed by atoms with Crippen molar-refractivity contribution in [1.29, 1.82) is 0 Å². The second kappa shape index (κ2) is 8.13. The zero-order valence-electron chi connectivity index (χ0n) is 12.8. The molecule has 1 aromatic heterocycles. The average molecular weight is 372 g/mol. The topological polar surface area (TPSA) is 78.4 Å². The number of halogens is 3. The predicted molar refractivity (Wildman–Crippen MR) is 87.0 cm³/mol. The van der Waals surface area contributed by atoms with Crippen molar-refractivity contribution in [3.05, 3.63) is 52.2 Å². The number of amides is 2. The van der Waals surface area contributed by atoms with E-state index in [1.807, 2.05) is 0 Å². The molecule has 0 aliphatic rings. The van der Waals surface area contributed by atoms with E-state index in [0.717, 1.165) is 18.2 Å². The summed E-state index contributed by atoms with van der Waals surface area (Å²) in [6, 6.07) is 5.73. The predicted octanol–water partition coefficient (Wildman–Crippen LogP) is 2.95. The van der Waals surface area contributed by atoms with Gasteiger partial charge in [-0.2, -0.15) is 24.5 Å². The Morgan fingerprint density at radius 2 is 1.96 bits per heavy atom. The van der Waals surface area contributed by atoms with E-state index in [9.17, 15) is 27.9 Å². The molecule has 0 aliphatic carbocycles. The third-order valence-corrected chi connectivity index (χ3v) is 3.99. The summed E-state index contributed by atoms with van der Waals surface area (Å²) in [6.45, 7) is 0.0475. The molecule has 9 heteroatoms. The molecule has 25 heavy (non-hydrogen) atoms. The van der Waals surface area contributed by atoms with Gasteiger partial charge in [0.05, 0.1) is 11.7 Å². The fraction of sp³-hybridized carbons (Fsp3) is 0.250. The minimum Gasteiger partial charge on any atom is -0.388 e. The lowest BCUT2D eigenvalue weighted by molar-refractivity contribution is -0.137. The molecule has 0 spiro atoms. The van der Waals surface area contributed by atoms with Gasteiger partial charge in [0.2, 0.25) is 0 Å².